The SMILES string of the molecule is C/C(F)=C\C=C(/CC1CCN(C(=O)c2nnc3ccc(C#N)cn23)CC1)C(F)(F)F. The number of fused-ring (bicyclic) bond motifs is 1. The van der Waals surface area contributed by atoms with Crippen molar-refractivity contribution >= 4 is 11.6 Å². The molecule has 0 N–H and O–H groups in total. The minimum absolute atomic E-state index is 0.0555. The van der Waals surface area contributed by atoms with Gasteiger partial charge in [0.2, 0.25) is 5.82 Å². The fourth-order valence-corrected chi connectivity index (χ4v) is 3.39. The van der Waals surface area contributed by atoms with E-state index in [-0.39, 0.29) is 31.3 Å². The van der Waals surface area contributed by atoms with Crippen LogP contribution in [-0.2, 0) is 0 Å². The highest BCUT2D eigenvalue weighted by Crippen LogP contribution is 2.34. The lowest BCUT2D eigenvalue weighted by Crippen LogP contribution is -2.39. The summed E-state index contributed by atoms with van der Waals surface area (Å²) < 4.78 is 53.9. The number of halogens is 4. The molecule has 1 saturated heterocycles. The number of carbonyl (C=O) groups excluding carboxylic acids is 1. The van der Waals surface area contributed by atoms with Crippen molar-refractivity contribution in [2.24, 2.45) is 5.92 Å². The van der Waals surface area contributed by atoms with Gasteiger partial charge in [-0.05, 0) is 50.3 Å². The Morgan fingerprint density at radius 2 is 1.97 bits per heavy atom. The van der Waals surface area contributed by atoms with Gasteiger partial charge in [0, 0.05) is 24.9 Å². The van der Waals surface area contributed by atoms with Gasteiger partial charge in [-0.3, -0.25) is 9.20 Å². The standard InChI is InChI=1S/C20H19F4N5O/c1-13(21)2-4-16(20(22,23)24)10-14-6-8-28(9-7-14)19(30)18-27-26-17-5-3-15(11-25)12-29(17)18/h2-5,12,14H,6-10H2,1H3/b13-2+,16-4+. The molecule has 2 aromatic heterocycles. The zero-order valence-corrected chi connectivity index (χ0v) is 16.2. The van der Waals surface area contributed by atoms with E-state index in [0.717, 1.165) is 19.1 Å². The van der Waals surface area contributed by atoms with Crippen molar-refractivity contribution in [2.45, 2.75) is 32.4 Å². The zero-order valence-electron chi connectivity index (χ0n) is 16.2. The monoisotopic (exact) mass is 421 g/mol. The Bertz CT molecular complexity index is 1040. The van der Waals surface area contributed by atoms with Gasteiger partial charge in [0.1, 0.15) is 6.07 Å². The molecule has 0 unspecified atom stereocenters. The molecule has 30 heavy (non-hydrogen) atoms. The summed E-state index contributed by atoms with van der Waals surface area (Å²) in [7, 11) is 0. The van der Waals surface area contributed by atoms with Gasteiger partial charge >= 0.3 is 6.18 Å². The van der Waals surface area contributed by atoms with E-state index in [4.69, 9.17) is 5.26 Å². The minimum atomic E-state index is -4.53. The van der Waals surface area contributed by atoms with Gasteiger partial charge in [-0.1, -0.05) is 6.08 Å². The Balaban J connectivity index is 1.68. The van der Waals surface area contributed by atoms with Gasteiger partial charge in [-0.15, -0.1) is 10.2 Å². The van der Waals surface area contributed by atoms with Crippen molar-refractivity contribution in [3.63, 3.8) is 0 Å². The second-order valence-electron chi connectivity index (χ2n) is 7.16. The Morgan fingerprint density at radius 3 is 2.57 bits per heavy atom. The summed E-state index contributed by atoms with van der Waals surface area (Å²) in [5.41, 5.74) is -0.0146. The van der Waals surface area contributed by atoms with E-state index in [1.165, 1.54) is 15.5 Å². The molecule has 0 saturated carbocycles. The lowest BCUT2D eigenvalue weighted by atomic mass is 9.89. The third-order valence-corrected chi connectivity index (χ3v) is 5.01. The number of pyridine rings is 1. The van der Waals surface area contributed by atoms with Gasteiger partial charge in [-0.25, -0.2) is 4.39 Å². The maximum atomic E-state index is 13.2. The quantitative estimate of drug-likeness (QED) is 0.548. The highest BCUT2D eigenvalue weighted by Gasteiger charge is 2.36. The van der Waals surface area contributed by atoms with Crippen molar-refractivity contribution < 1.29 is 22.4 Å². The summed E-state index contributed by atoms with van der Waals surface area (Å²) in [5.74, 6) is -1.30. The van der Waals surface area contributed by atoms with Crippen molar-refractivity contribution in [2.75, 3.05) is 13.1 Å². The molecule has 2 aromatic rings. The molecule has 3 rings (SSSR count). The fraction of sp³-hybridized carbons (Fsp3) is 0.400. The van der Waals surface area contributed by atoms with Crippen LogP contribution in [0.5, 0.6) is 0 Å². The predicted molar refractivity (Wildman–Crippen MR) is 99.9 cm³/mol. The number of nitriles is 1. The molecule has 0 radical (unpaired) electrons. The van der Waals surface area contributed by atoms with Crippen LogP contribution in [0.3, 0.4) is 0 Å². The number of rotatable bonds is 4. The fourth-order valence-electron chi connectivity index (χ4n) is 3.39. The van der Waals surface area contributed by atoms with Crippen LogP contribution in [0.1, 0.15) is 42.4 Å². The van der Waals surface area contributed by atoms with Gasteiger partial charge in [0.25, 0.3) is 5.91 Å². The number of aromatic nitrogens is 3. The first-order chi connectivity index (χ1) is 14.2. The molecule has 1 amide bonds. The van der Waals surface area contributed by atoms with Crippen LogP contribution in [0.2, 0.25) is 0 Å². The predicted octanol–water partition coefficient (Wildman–Crippen LogP) is 4.21. The molecular formula is C20H19F4N5O. The molecular weight excluding hydrogens is 402 g/mol. The van der Waals surface area contributed by atoms with Gasteiger partial charge in [-0.2, -0.15) is 18.4 Å². The molecule has 0 aromatic carbocycles. The summed E-state index contributed by atoms with van der Waals surface area (Å²) in [6, 6.07) is 5.12. The molecule has 3 heterocycles. The molecule has 1 fully saturated rings. The molecule has 0 spiro atoms. The lowest BCUT2D eigenvalue weighted by molar-refractivity contribution is -0.0958. The highest BCUT2D eigenvalue weighted by molar-refractivity contribution is 5.91. The Kier molecular flexibility index (Phi) is 6.20. The van der Waals surface area contributed by atoms with Crippen LogP contribution in [0, 0.1) is 17.2 Å². The number of likely N-dealkylation sites (tertiary alicyclic amines) is 1. The number of amides is 1. The first kappa shape index (κ1) is 21.5. The molecule has 10 heteroatoms. The molecule has 158 valence electrons. The number of nitrogens with zero attached hydrogens (tertiary/aromatic N) is 5. The summed E-state index contributed by atoms with van der Waals surface area (Å²) >= 11 is 0. The molecule has 0 atom stereocenters. The Labute approximate surface area is 170 Å². The van der Waals surface area contributed by atoms with Crippen LogP contribution in [0.15, 0.2) is 41.9 Å². The molecule has 1 aliphatic heterocycles. The summed E-state index contributed by atoms with van der Waals surface area (Å²) in [5, 5.41) is 16.8. The Morgan fingerprint density at radius 1 is 1.27 bits per heavy atom. The Hall–Kier alpha value is -3.22. The van der Waals surface area contributed by atoms with Crippen molar-refractivity contribution in [3.05, 3.63) is 53.3 Å². The summed E-state index contributed by atoms with van der Waals surface area (Å²) in [6.45, 7) is 1.64. The van der Waals surface area contributed by atoms with E-state index in [1.807, 2.05) is 6.07 Å². The smallest absolute Gasteiger partial charge is 0.336 e. The first-order valence-electron chi connectivity index (χ1n) is 9.33. The second kappa shape index (κ2) is 8.65. The van der Waals surface area contributed by atoms with E-state index < -0.39 is 23.5 Å². The molecule has 6 nitrogen and oxygen atoms in total. The molecule has 1 aliphatic rings. The van der Waals surface area contributed by atoms with Crippen LogP contribution in [0.4, 0.5) is 17.6 Å². The zero-order chi connectivity index (χ0) is 21.9. The number of alkyl halides is 3. The lowest BCUT2D eigenvalue weighted by Gasteiger charge is -2.32. The molecule has 0 bridgehead atoms. The normalized spacial score (nSPS) is 16.7. The van der Waals surface area contributed by atoms with E-state index in [9.17, 15) is 22.4 Å². The van der Waals surface area contributed by atoms with E-state index in [1.54, 1.807) is 12.1 Å². The van der Waals surface area contributed by atoms with E-state index in [0.29, 0.717) is 24.1 Å². The summed E-state index contributed by atoms with van der Waals surface area (Å²) in [6.07, 6.45) is -0.923. The number of hydrogen-bond acceptors (Lipinski definition) is 4. The maximum Gasteiger partial charge on any atom is 0.412 e. The number of hydrogen-bond donors (Lipinski definition) is 0. The van der Waals surface area contributed by atoms with Gasteiger partial charge < -0.3 is 4.90 Å². The van der Waals surface area contributed by atoms with E-state index in [2.05, 4.69) is 10.2 Å². The number of carbonyl (C=O) groups is 1. The molecule has 0 aliphatic carbocycles. The summed E-state index contributed by atoms with van der Waals surface area (Å²) in [4.78, 5) is 14.3. The topological polar surface area (TPSA) is 74.3 Å². The third kappa shape index (κ3) is 4.84. The number of allylic oxidation sites excluding steroid dienone is 4. The van der Waals surface area contributed by atoms with Crippen molar-refractivity contribution in [3.8, 4) is 6.07 Å². The van der Waals surface area contributed by atoms with Crippen molar-refractivity contribution in [1.82, 2.24) is 19.5 Å². The number of piperidine rings is 1. The second-order valence-corrected chi connectivity index (χ2v) is 7.16. The van der Waals surface area contributed by atoms with Crippen LogP contribution in [-0.4, -0.2) is 44.7 Å². The first-order valence-corrected chi connectivity index (χ1v) is 9.33. The minimum Gasteiger partial charge on any atom is -0.336 e. The van der Waals surface area contributed by atoms with Crippen LogP contribution in [0.25, 0.3) is 5.65 Å². The van der Waals surface area contributed by atoms with Crippen molar-refractivity contribution in [1.29, 1.82) is 5.26 Å². The third-order valence-electron chi connectivity index (χ3n) is 5.01. The van der Waals surface area contributed by atoms with E-state index >= 15 is 0 Å². The van der Waals surface area contributed by atoms with Crippen LogP contribution < -0.4 is 0 Å². The van der Waals surface area contributed by atoms with Gasteiger partial charge in [0.15, 0.2) is 5.65 Å². The average Bonchev–Trinajstić information content (AvgIpc) is 3.13. The average molecular weight is 421 g/mol. The van der Waals surface area contributed by atoms with Gasteiger partial charge in [0.05, 0.1) is 11.4 Å². The highest BCUT2D eigenvalue weighted by atomic mass is 19.4. The largest absolute Gasteiger partial charge is 0.412 e. The van der Waals surface area contributed by atoms with Crippen LogP contribution >= 0.6 is 0 Å². The maximum absolute atomic E-state index is 13.2.